The van der Waals surface area contributed by atoms with Crippen molar-refractivity contribution in [3.05, 3.63) is 65.6 Å². The van der Waals surface area contributed by atoms with Crippen molar-refractivity contribution in [3.63, 3.8) is 0 Å². The van der Waals surface area contributed by atoms with Gasteiger partial charge in [-0.05, 0) is 24.6 Å². The summed E-state index contributed by atoms with van der Waals surface area (Å²) in [5.41, 5.74) is 6.19. The summed E-state index contributed by atoms with van der Waals surface area (Å²) in [7, 11) is 1.54. The van der Waals surface area contributed by atoms with Crippen LogP contribution in [0.25, 0.3) is 11.3 Å². The van der Waals surface area contributed by atoms with Gasteiger partial charge in [0.1, 0.15) is 23.8 Å². The highest BCUT2D eigenvalue weighted by Crippen LogP contribution is 2.37. The summed E-state index contributed by atoms with van der Waals surface area (Å²) in [6.07, 6.45) is 7.33. The smallest absolute Gasteiger partial charge is 0.387 e. The number of nitrogens with zero attached hydrogens (tertiary/aromatic N) is 3. The second kappa shape index (κ2) is 11.5. The second-order valence-corrected chi connectivity index (χ2v) is 7.88. The van der Waals surface area contributed by atoms with E-state index in [1.54, 1.807) is 4.90 Å². The maximum atomic E-state index is 13.0. The summed E-state index contributed by atoms with van der Waals surface area (Å²) in [6.45, 7) is 1.41. The van der Waals surface area contributed by atoms with Crippen molar-refractivity contribution in [1.82, 2.24) is 20.0 Å². The molecule has 0 unspecified atom stereocenters. The molecule has 0 fully saturated rings. The molecular weight excluding hydrogens is 482 g/mol. The first kappa shape index (κ1) is 25.8. The summed E-state index contributed by atoms with van der Waals surface area (Å²) in [5, 5.41) is 9.94. The highest BCUT2D eigenvalue weighted by atomic mass is 35.5. The zero-order chi connectivity index (χ0) is 25.5. The number of benzene rings is 1. The van der Waals surface area contributed by atoms with Crippen molar-refractivity contribution in [3.8, 4) is 17.0 Å². The Morgan fingerprint density at radius 3 is 2.77 bits per heavy atom. The number of carbonyl (C=O) groups excluding carboxylic acids is 2. The third kappa shape index (κ3) is 6.38. The van der Waals surface area contributed by atoms with Gasteiger partial charge in [-0.25, -0.2) is 0 Å². The van der Waals surface area contributed by atoms with Gasteiger partial charge in [-0.1, -0.05) is 36.4 Å². The standard InChI is InChI=1S/C23H25ClF2N6O3/c1-3-15(21(27)28-2)22(34)29-17-12-32(13-19(33)31-9-5-4-6-10-31)30-20(17)16-11-14(24)7-8-18(16)35-23(25)26/h3-5,7-8,11-12,23,28H,1,6,9-10,13,27H2,2H3,(H,29,34)/b21-15-. The first-order valence-electron chi connectivity index (χ1n) is 10.6. The average molecular weight is 507 g/mol. The van der Waals surface area contributed by atoms with Crippen LogP contribution in [0, 0.1) is 0 Å². The van der Waals surface area contributed by atoms with Crippen LogP contribution in [0.15, 0.2) is 60.6 Å². The van der Waals surface area contributed by atoms with Gasteiger partial charge in [0.25, 0.3) is 5.91 Å². The molecule has 1 aromatic carbocycles. The minimum atomic E-state index is -3.10. The highest BCUT2D eigenvalue weighted by Gasteiger charge is 2.23. The summed E-state index contributed by atoms with van der Waals surface area (Å²) in [6, 6.07) is 4.04. The molecule has 1 aromatic heterocycles. The number of carbonyl (C=O) groups is 2. The molecule has 2 amide bonds. The van der Waals surface area contributed by atoms with E-state index in [1.807, 2.05) is 12.2 Å². The highest BCUT2D eigenvalue weighted by molar-refractivity contribution is 6.31. The maximum Gasteiger partial charge on any atom is 0.387 e. The largest absolute Gasteiger partial charge is 0.434 e. The van der Waals surface area contributed by atoms with Gasteiger partial charge in [0.15, 0.2) is 0 Å². The minimum absolute atomic E-state index is 0.0533. The molecule has 0 saturated heterocycles. The number of nitrogens with two attached hydrogens (primary N) is 1. The Labute approximate surface area is 205 Å². The Hall–Kier alpha value is -3.86. The second-order valence-electron chi connectivity index (χ2n) is 7.44. The van der Waals surface area contributed by atoms with Crippen LogP contribution in [0.5, 0.6) is 5.75 Å². The fourth-order valence-electron chi connectivity index (χ4n) is 3.43. The maximum absolute atomic E-state index is 13.0. The molecule has 0 atom stereocenters. The zero-order valence-electron chi connectivity index (χ0n) is 18.9. The number of hydrogen-bond acceptors (Lipinski definition) is 6. The van der Waals surface area contributed by atoms with Crippen molar-refractivity contribution < 1.29 is 23.1 Å². The number of aromatic nitrogens is 2. The summed E-state index contributed by atoms with van der Waals surface area (Å²) < 4.78 is 32.0. The van der Waals surface area contributed by atoms with E-state index in [1.165, 1.54) is 42.2 Å². The molecule has 12 heteroatoms. The lowest BCUT2D eigenvalue weighted by Crippen LogP contribution is -2.36. The van der Waals surface area contributed by atoms with Crippen LogP contribution in [-0.2, 0) is 16.1 Å². The number of hydrogen-bond donors (Lipinski definition) is 3. The van der Waals surface area contributed by atoms with E-state index < -0.39 is 12.5 Å². The van der Waals surface area contributed by atoms with Crippen LogP contribution in [0.2, 0.25) is 5.02 Å². The Bertz CT molecular complexity index is 1180. The third-order valence-corrected chi connectivity index (χ3v) is 5.37. The number of alkyl halides is 2. The van der Waals surface area contributed by atoms with Gasteiger partial charge < -0.3 is 26.0 Å². The number of rotatable bonds is 9. The van der Waals surface area contributed by atoms with Crippen LogP contribution in [0.4, 0.5) is 14.5 Å². The first-order valence-corrected chi connectivity index (χ1v) is 11.0. The van der Waals surface area contributed by atoms with Gasteiger partial charge in [-0.2, -0.15) is 13.9 Å². The summed E-state index contributed by atoms with van der Waals surface area (Å²) in [5.74, 6) is -0.947. The number of halogens is 3. The number of anilines is 1. The van der Waals surface area contributed by atoms with Gasteiger partial charge in [-0.3, -0.25) is 14.3 Å². The number of ether oxygens (including phenoxy) is 1. The van der Waals surface area contributed by atoms with Crippen LogP contribution in [-0.4, -0.2) is 53.2 Å². The molecule has 0 radical (unpaired) electrons. The lowest BCUT2D eigenvalue weighted by atomic mass is 10.1. The molecule has 35 heavy (non-hydrogen) atoms. The summed E-state index contributed by atoms with van der Waals surface area (Å²) in [4.78, 5) is 27.3. The Kier molecular flexibility index (Phi) is 8.48. The van der Waals surface area contributed by atoms with Gasteiger partial charge in [0.05, 0.1) is 11.3 Å². The molecule has 0 aliphatic carbocycles. The van der Waals surface area contributed by atoms with Crippen molar-refractivity contribution in [2.24, 2.45) is 5.73 Å². The van der Waals surface area contributed by atoms with Crippen LogP contribution >= 0.6 is 11.6 Å². The Balaban J connectivity index is 2.03. The predicted octanol–water partition coefficient (Wildman–Crippen LogP) is 3.11. The predicted molar refractivity (Wildman–Crippen MR) is 129 cm³/mol. The van der Waals surface area contributed by atoms with E-state index in [4.69, 9.17) is 17.3 Å². The van der Waals surface area contributed by atoms with Crippen molar-refractivity contribution in [2.45, 2.75) is 19.6 Å². The number of nitrogens with one attached hydrogen (secondary N) is 2. The quantitative estimate of drug-likeness (QED) is 0.273. The summed E-state index contributed by atoms with van der Waals surface area (Å²) >= 11 is 6.11. The zero-order valence-corrected chi connectivity index (χ0v) is 19.7. The van der Waals surface area contributed by atoms with E-state index >= 15 is 0 Å². The molecule has 0 spiro atoms. The lowest BCUT2D eigenvalue weighted by molar-refractivity contribution is -0.131. The molecule has 0 bridgehead atoms. The normalized spacial score (nSPS) is 13.9. The topological polar surface area (TPSA) is 115 Å². The van der Waals surface area contributed by atoms with Gasteiger partial charge in [0.2, 0.25) is 5.91 Å². The fourth-order valence-corrected chi connectivity index (χ4v) is 3.61. The fraction of sp³-hybridized carbons (Fsp3) is 0.261. The van der Waals surface area contributed by atoms with E-state index in [0.29, 0.717) is 13.1 Å². The molecule has 1 aliphatic rings. The minimum Gasteiger partial charge on any atom is -0.434 e. The molecule has 2 heterocycles. The molecular formula is C23H25ClF2N6O3. The van der Waals surface area contributed by atoms with E-state index in [9.17, 15) is 18.4 Å². The molecule has 186 valence electrons. The van der Waals surface area contributed by atoms with Crippen LogP contribution < -0.4 is 21.1 Å². The molecule has 3 rings (SSSR count). The Morgan fingerprint density at radius 1 is 1.37 bits per heavy atom. The molecule has 4 N–H and O–H groups in total. The van der Waals surface area contributed by atoms with Crippen molar-refractivity contribution >= 4 is 29.1 Å². The van der Waals surface area contributed by atoms with Crippen molar-refractivity contribution in [2.75, 3.05) is 25.5 Å². The Morgan fingerprint density at radius 2 is 2.14 bits per heavy atom. The van der Waals surface area contributed by atoms with Gasteiger partial charge in [-0.15, -0.1) is 0 Å². The average Bonchev–Trinajstić information content (AvgIpc) is 3.22. The third-order valence-electron chi connectivity index (χ3n) is 5.14. The molecule has 9 nitrogen and oxygen atoms in total. The van der Waals surface area contributed by atoms with E-state index in [-0.39, 0.29) is 51.6 Å². The lowest BCUT2D eigenvalue weighted by Gasteiger charge is -2.23. The number of amides is 2. The van der Waals surface area contributed by atoms with Gasteiger partial charge >= 0.3 is 6.61 Å². The molecule has 1 aliphatic heterocycles. The first-order chi connectivity index (χ1) is 16.7. The SMILES string of the molecule is C=C/C(C(=O)Nc1cn(CC(=O)N2CC=CCC2)nc1-c1cc(Cl)ccc1OC(F)F)=C(\N)NC. The van der Waals surface area contributed by atoms with E-state index in [0.717, 1.165) is 6.42 Å². The van der Waals surface area contributed by atoms with Gasteiger partial charge in [0, 0.05) is 36.9 Å². The van der Waals surface area contributed by atoms with E-state index in [2.05, 4.69) is 27.0 Å². The van der Waals surface area contributed by atoms with Crippen LogP contribution in [0.3, 0.4) is 0 Å². The van der Waals surface area contributed by atoms with Crippen molar-refractivity contribution in [1.29, 1.82) is 0 Å². The van der Waals surface area contributed by atoms with Crippen LogP contribution in [0.1, 0.15) is 6.42 Å². The molecule has 0 saturated carbocycles. The monoisotopic (exact) mass is 506 g/mol. The molecule has 2 aromatic rings.